The minimum absolute atomic E-state index is 0.00994. The molecule has 1 amide bonds. The number of nitrogens with two attached hydrogens (primary N) is 1. The summed E-state index contributed by atoms with van der Waals surface area (Å²) in [7, 11) is 0. The summed E-state index contributed by atoms with van der Waals surface area (Å²) in [5, 5.41) is 10.1. The average Bonchev–Trinajstić information content (AvgIpc) is 3.26. The van der Waals surface area contributed by atoms with E-state index in [4.69, 9.17) is 10.5 Å². The van der Waals surface area contributed by atoms with Crippen LogP contribution < -0.4 is 10.6 Å². The molecule has 37 heavy (non-hydrogen) atoms. The summed E-state index contributed by atoms with van der Waals surface area (Å²) < 4.78 is 5.65. The third-order valence-corrected chi connectivity index (χ3v) is 9.31. The number of fused-ring (bicyclic) bond motifs is 1. The molecule has 0 spiro atoms. The number of hydrogen-bond acceptors (Lipinski definition) is 6. The Kier molecular flexibility index (Phi) is 8.06. The molecule has 1 aromatic heterocycles. The Labute approximate surface area is 224 Å². The number of amides is 1. The summed E-state index contributed by atoms with van der Waals surface area (Å²) in [6.07, 6.45) is 5.32. The molecule has 3 fully saturated rings. The van der Waals surface area contributed by atoms with Gasteiger partial charge in [0.05, 0.1) is 10.6 Å². The highest BCUT2D eigenvalue weighted by molar-refractivity contribution is 7.15. The van der Waals surface area contributed by atoms with Gasteiger partial charge in [-0.2, -0.15) is 0 Å². The SMILES string of the molecule is CC1CCC(C(=O)N(c2cc(C#CC(C)(C)C)sc2C(=O)O)[C@H]2CC[C@@H]3OC(=O)[C@@H](N)C(C)C3C2)CC1. The summed E-state index contributed by atoms with van der Waals surface area (Å²) in [4.78, 5) is 41.3. The van der Waals surface area contributed by atoms with Crippen LogP contribution in [0.2, 0.25) is 0 Å². The van der Waals surface area contributed by atoms with Crippen LogP contribution >= 0.6 is 11.3 Å². The number of rotatable bonds is 4. The normalized spacial score (nSPS) is 31.9. The first-order chi connectivity index (χ1) is 17.4. The lowest BCUT2D eigenvalue weighted by molar-refractivity contribution is -0.169. The molecule has 1 saturated heterocycles. The van der Waals surface area contributed by atoms with Gasteiger partial charge in [0.15, 0.2) is 0 Å². The number of carboxylic acids is 1. The molecule has 8 heteroatoms. The predicted octanol–water partition coefficient (Wildman–Crippen LogP) is 5.06. The second-order valence-corrected chi connectivity index (χ2v) is 13.3. The van der Waals surface area contributed by atoms with Gasteiger partial charge < -0.3 is 20.5 Å². The van der Waals surface area contributed by atoms with E-state index in [9.17, 15) is 19.5 Å². The van der Waals surface area contributed by atoms with Gasteiger partial charge in [0.25, 0.3) is 0 Å². The molecule has 0 aromatic carbocycles. The first kappa shape index (κ1) is 27.7. The smallest absolute Gasteiger partial charge is 0.348 e. The quantitative estimate of drug-likeness (QED) is 0.418. The Balaban J connectivity index is 1.72. The number of esters is 1. The standard InChI is InChI=1S/C29H40N2O5S/c1-16-6-8-18(9-7-16)26(32)31(19-10-11-23-21(14-19)17(2)24(30)28(35)36-23)22-15-20(12-13-29(3,4)5)37-25(22)27(33)34/h15-19,21,23-24H,6-11,14,30H2,1-5H3,(H,33,34)/t16?,17?,18?,19-,21?,23-,24-/m0/s1. The molecule has 1 aliphatic heterocycles. The van der Waals surface area contributed by atoms with Gasteiger partial charge in [-0.25, -0.2) is 4.79 Å². The fraction of sp³-hybridized carbons (Fsp3) is 0.690. The van der Waals surface area contributed by atoms with E-state index in [0.29, 0.717) is 35.7 Å². The molecule has 1 aromatic rings. The molecule has 0 bridgehead atoms. The summed E-state index contributed by atoms with van der Waals surface area (Å²) in [6.45, 7) is 10.2. The second kappa shape index (κ2) is 10.8. The zero-order valence-electron chi connectivity index (χ0n) is 22.6. The van der Waals surface area contributed by atoms with Crippen LogP contribution in [0.25, 0.3) is 0 Å². The Morgan fingerprint density at radius 1 is 1.14 bits per heavy atom. The van der Waals surface area contributed by atoms with Crippen molar-refractivity contribution in [2.45, 2.75) is 97.8 Å². The highest BCUT2D eigenvalue weighted by Gasteiger charge is 2.47. The number of ether oxygens (including phenoxy) is 1. The lowest BCUT2D eigenvalue weighted by atomic mass is 9.71. The van der Waals surface area contributed by atoms with Crippen molar-refractivity contribution >= 4 is 34.9 Å². The van der Waals surface area contributed by atoms with Crippen molar-refractivity contribution in [3.8, 4) is 11.8 Å². The van der Waals surface area contributed by atoms with Crippen LogP contribution in [0.4, 0.5) is 5.69 Å². The zero-order chi connectivity index (χ0) is 27.1. The predicted molar refractivity (Wildman–Crippen MR) is 144 cm³/mol. The van der Waals surface area contributed by atoms with Crippen molar-refractivity contribution < 1.29 is 24.2 Å². The van der Waals surface area contributed by atoms with Gasteiger partial charge >= 0.3 is 11.9 Å². The summed E-state index contributed by atoms with van der Waals surface area (Å²) in [5.74, 6) is 5.36. The van der Waals surface area contributed by atoms with Crippen molar-refractivity contribution in [3.63, 3.8) is 0 Å². The maximum absolute atomic E-state index is 14.2. The Bertz CT molecular complexity index is 1100. The van der Waals surface area contributed by atoms with Crippen molar-refractivity contribution in [1.29, 1.82) is 0 Å². The number of aromatic carboxylic acids is 1. The van der Waals surface area contributed by atoms with Crippen LogP contribution in [0, 0.1) is 40.9 Å². The topological polar surface area (TPSA) is 110 Å². The highest BCUT2D eigenvalue weighted by Crippen LogP contribution is 2.43. The number of carbonyl (C=O) groups is 3. The van der Waals surface area contributed by atoms with Gasteiger partial charge in [0, 0.05) is 23.3 Å². The van der Waals surface area contributed by atoms with Crippen LogP contribution in [0.5, 0.6) is 0 Å². The first-order valence-corrected chi connectivity index (χ1v) is 14.4. The van der Waals surface area contributed by atoms with Crippen LogP contribution in [0.15, 0.2) is 6.07 Å². The van der Waals surface area contributed by atoms with Gasteiger partial charge in [0.2, 0.25) is 5.91 Å². The fourth-order valence-electron chi connectivity index (χ4n) is 6.02. The van der Waals surface area contributed by atoms with E-state index in [0.717, 1.165) is 37.0 Å². The van der Waals surface area contributed by atoms with Crippen molar-refractivity contribution in [3.05, 3.63) is 15.8 Å². The van der Waals surface area contributed by atoms with E-state index in [1.54, 1.807) is 11.0 Å². The molecular formula is C29H40N2O5S. The number of anilines is 1. The van der Waals surface area contributed by atoms with E-state index < -0.39 is 12.0 Å². The lowest BCUT2D eigenvalue weighted by Gasteiger charge is -2.47. The zero-order valence-corrected chi connectivity index (χ0v) is 23.4. The van der Waals surface area contributed by atoms with Crippen molar-refractivity contribution in [1.82, 2.24) is 0 Å². The number of nitrogens with zero attached hydrogens (tertiary/aromatic N) is 1. The monoisotopic (exact) mass is 528 g/mol. The highest BCUT2D eigenvalue weighted by atomic mass is 32.1. The van der Waals surface area contributed by atoms with Gasteiger partial charge in [-0.15, -0.1) is 11.3 Å². The van der Waals surface area contributed by atoms with Crippen LogP contribution in [0.1, 0.15) is 94.1 Å². The molecule has 2 saturated carbocycles. The molecule has 0 radical (unpaired) electrons. The van der Waals surface area contributed by atoms with Crippen molar-refractivity contribution in [2.75, 3.05) is 4.90 Å². The second-order valence-electron chi connectivity index (χ2n) is 12.3. The van der Waals surface area contributed by atoms with E-state index >= 15 is 0 Å². The van der Waals surface area contributed by atoms with E-state index in [2.05, 4.69) is 18.8 Å². The Morgan fingerprint density at radius 2 is 1.81 bits per heavy atom. The fourth-order valence-corrected chi connectivity index (χ4v) is 6.86. The molecule has 2 aliphatic carbocycles. The molecule has 2 heterocycles. The Hall–Kier alpha value is -2.37. The summed E-state index contributed by atoms with van der Waals surface area (Å²) in [6, 6.07) is 0.924. The minimum Gasteiger partial charge on any atom is -0.477 e. The van der Waals surface area contributed by atoms with E-state index in [1.165, 1.54) is 0 Å². The summed E-state index contributed by atoms with van der Waals surface area (Å²) >= 11 is 1.13. The van der Waals surface area contributed by atoms with Crippen LogP contribution in [0.3, 0.4) is 0 Å². The molecule has 3 aliphatic rings. The average molecular weight is 529 g/mol. The van der Waals surface area contributed by atoms with E-state index in [-0.39, 0.29) is 52.1 Å². The summed E-state index contributed by atoms with van der Waals surface area (Å²) in [5.41, 5.74) is 6.36. The molecule has 2 unspecified atom stereocenters. The number of carboxylic acid groups (broad SMARTS) is 1. The van der Waals surface area contributed by atoms with Crippen molar-refractivity contribution in [2.24, 2.45) is 34.8 Å². The van der Waals surface area contributed by atoms with Gasteiger partial charge in [0.1, 0.15) is 17.0 Å². The molecule has 7 nitrogen and oxygen atoms in total. The number of thiophene rings is 1. The largest absolute Gasteiger partial charge is 0.477 e. The molecule has 5 atom stereocenters. The van der Waals surface area contributed by atoms with Gasteiger partial charge in [-0.1, -0.05) is 25.7 Å². The minimum atomic E-state index is -1.05. The van der Waals surface area contributed by atoms with Gasteiger partial charge in [-0.05, 0) is 83.6 Å². The Morgan fingerprint density at radius 3 is 2.43 bits per heavy atom. The molecule has 3 N–H and O–H groups in total. The van der Waals surface area contributed by atoms with Crippen LogP contribution in [-0.2, 0) is 14.3 Å². The first-order valence-electron chi connectivity index (χ1n) is 13.5. The maximum atomic E-state index is 14.2. The molecule has 202 valence electrons. The lowest BCUT2D eigenvalue weighted by Crippen LogP contribution is -2.57. The van der Waals surface area contributed by atoms with E-state index in [1.807, 2.05) is 27.7 Å². The number of hydrogen-bond donors (Lipinski definition) is 2. The number of carbonyl (C=O) groups excluding carboxylic acids is 2. The maximum Gasteiger partial charge on any atom is 0.348 e. The van der Waals surface area contributed by atoms with Crippen LogP contribution in [-0.4, -0.2) is 41.1 Å². The third-order valence-electron chi connectivity index (χ3n) is 8.28. The third kappa shape index (κ3) is 6.04. The molecule has 4 rings (SSSR count). The molecular weight excluding hydrogens is 488 g/mol. The van der Waals surface area contributed by atoms with Gasteiger partial charge in [-0.3, -0.25) is 9.59 Å².